The molecule has 0 aliphatic carbocycles. The van der Waals surface area contributed by atoms with Crippen molar-refractivity contribution in [3.63, 3.8) is 0 Å². The summed E-state index contributed by atoms with van der Waals surface area (Å²) in [5.74, 6) is 0. The molecule has 4 aromatic rings. The zero-order chi connectivity index (χ0) is 20.7. The van der Waals surface area contributed by atoms with Crippen LogP contribution in [0.5, 0.6) is 0 Å². The van der Waals surface area contributed by atoms with Crippen molar-refractivity contribution in [2.24, 2.45) is 0 Å². The number of hydrogen-bond donors (Lipinski definition) is 0. The minimum absolute atomic E-state index is 0. The van der Waals surface area contributed by atoms with Crippen LogP contribution in [0.2, 0.25) is 13.1 Å². The van der Waals surface area contributed by atoms with E-state index >= 15 is 0 Å². The van der Waals surface area contributed by atoms with Crippen molar-refractivity contribution in [2.75, 3.05) is 0 Å². The van der Waals surface area contributed by atoms with Crippen LogP contribution < -0.4 is 0 Å². The van der Waals surface area contributed by atoms with Gasteiger partial charge in [0.1, 0.15) is 0 Å². The summed E-state index contributed by atoms with van der Waals surface area (Å²) < 4.78 is 0. The topological polar surface area (TPSA) is 0 Å². The largest absolute Gasteiger partial charge is 0.165 e. The van der Waals surface area contributed by atoms with E-state index in [-0.39, 0.29) is 26.2 Å². The Morgan fingerprint density at radius 3 is 1.57 bits per heavy atom. The van der Waals surface area contributed by atoms with Gasteiger partial charge in [-0.1, -0.05) is 111 Å². The maximum absolute atomic E-state index is 2.21. The van der Waals surface area contributed by atoms with Gasteiger partial charge in [0.2, 0.25) is 0 Å². The van der Waals surface area contributed by atoms with Crippen molar-refractivity contribution in [1.82, 2.24) is 0 Å². The third kappa shape index (κ3) is 10.1. The molecule has 2 heteroatoms. The number of aryl methyl sites for hydroxylation is 1. The van der Waals surface area contributed by atoms with Crippen molar-refractivity contribution < 1.29 is 26.2 Å². The van der Waals surface area contributed by atoms with Gasteiger partial charge in [0.25, 0.3) is 0 Å². The quantitative estimate of drug-likeness (QED) is 0.158. The Morgan fingerprint density at radius 2 is 1.10 bits per heavy atom. The zero-order valence-electron chi connectivity index (χ0n) is 18.1. The van der Waals surface area contributed by atoms with E-state index in [9.17, 15) is 0 Å². The van der Waals surface area contributed by atoms with E-state index in [0.717, 1.165) is 9.52 Å². The Balaban J connectivity index is 0.000000276. The number of fused-ring (bicyclic) bond motifs is 1. The fourth-order valence-electron chi connectivity index (χ4n) is 2.77. The van der Waals surface area contributed by atoms with Crippen LogP contribution in [0.25, 0.3) is 22.9 Å². The Bertz CT molecular complexity index is 918. The smallest absolute Gasteiger partial charge is 0.0213 e. The van der Waals surface area contributed by atoms with Gasteiger partial charge >= 0.3 is 0 Å². The van der Waals surface area contributed by atoms with Gasteiger partial charge in [-0.3, -0.25) is 0 Å². The van der Waals surface area contributed by atoms with Gasteiger partial charge < -0.3 is 0 Å². The maximum Gasteiger partial charge on any atom is 0.0213 e. The number of rotatable bonds is 3. The van der Waals surface area contributed by atoms with E-state index in [0.29, 0.717) is 0 Å². The van der Waals surface area contributed by atoms with Crippen LogP contribution in [0.15, 0.2) is 109 Å². The van der Waals surface area contributed by atoms with Crippen molar-refractivity contribution >= 4 is 32.4 Å². The van der Waals surface area contributed by atoms with Crippen LogP contribution in [-0.2, 0) is 26.2 Å². The average Bonchev–Trinajstić information content (AvgIpc) is 3.14. The molecule has 151 valence electrons. The molecule has 0 saturated carbocycles. The van der Waals surface area contributed by atoms with Crippen LogP contribution in [0, 0.1) is 6.92 Å². The zero-order valence-corrected chi connectivity index (χ0v) is 21.7. The third-order valence-corrected chi connectivity index (χ3v) is 4.05. The van der Waals surface area contributed by atoms with E-state index in [1.54, 1.807) is 0 Å². The molecule has 0 heterocycles. The molecule has 0 amide bonds. The van der Waals surface area contributed by atoms with Gasteiger partial charge in [-0.15, -0.1) is 40.6 Å². The molecule has 0 nitrogen and oxygen atoms in total. The van der Waals surface area contributed by atoms with Crippen LogP contribution in [0.3, 0.4) is 0 Å². The van der Waals surface area contributed by atoms with E-state index in [2.05, 4.69) is 105 Å². The Labute approximate surface area is 203 Å². The molecule has 1 radical (unpaired) electrons. The first kappa shape index (κ1) is 25.9. The molecular formula is C28H30SiZr-. The van der Waals surface area contributed by atoms with Gasteiger partial charge in [0, 0.05) is 35.7 Å². The number of allylic oxidation sites excluding steroid dienone is 2. The minimum Gasteiger partial charge on any atom is -0.165 e. The Kier molecular flexibility index (Phi) is 13.5. The van der Waals surface area contributed by atoms with Crippen LogP contribution in [0.1, 0.15) is 16.7 Å². The molecule has 0 spiro atoms. The second kappa shape index (κ2) is 15.7. The summed E-state index contributed by atoms with van der Waals surface area (Å²) in [6.45, 7) is 6.54. The van der Waals surface area contributed by atoms with Crippen LogP contribution in [-0.4, -0.2) is 9.52 Å². The van der Waals surface area contributed by atoms with E-state index in [4.69, 9.17) is 0 Å². The fourth-order valence-corrected chi connectivity index (χ4v) is 2.77. The molecular weight excluding hydrogens is 456 g/mol. The minimum atomic E-state index is 0. The van der Waals surface area contributed by atoms with Crippen LogP contribution in [0.4, 0.5) is 0 Å². The molecule has 0 aromatic heterocycles. The van der Waals surface area contributed by atoms with Crippen molar-refractivity contribution in [1.29, 1.82) is 0 Å². The summed E-state index contributed by atoms with van der Waals surface area (Å²) >= 11 is 0. The molecule has 0 aliphatic heterocycles. The van der Waals surface area contributed by atoms with Gasteiger partial charge in [0.15, 0.2) is 0 Å². The summed E-state index contributed by atoms with van der Waals surface area (Å²) in [4.78, 5) is 0. The molecule has 30 heavy (non-hydrogen) atoms. The Morgan fingerprint density at radius 1 is 0.667 bits per heavy atom. The van der Waals surface area contributed by atoms with Crippen molar-refractivity contribution in [2.45, 2.75) is 20.0 Å². The first-order chi connectivity index (χ1) is 14.2. The van der Waals surface area contributed by atoms with E-state index in [1.807, 2.05) is 36.4 Å². The average molecular weight is 486 g/mol. The monoisotopic (exact) mass is 484 g/mol. The molecule has 0 saturated heterocycles. The standard InChI is InChI=1S/C16H14.C10H9.C2H7Si.Zr/c1-3-9-15(10-4-1)13-7-8-14-16-11-5-2-6-12-16;1-8-6-9-4-2-3-5-10(9)7-8;1-3-2;/h1-14H;2-7H,1H3;3H,1-2H3;/q;-1;;. The molecule has 0 unspecified atom stereocenters. The summed E-state index contributed by atoms with van der Waals surface area (Å²) in [6.07, 6.45) is 8.31. The maximum atomic E-state index is 2.21. The molecule has 4 rings (SSSR count). The second-order valence-corrected chi connectivity index (χ2v) is 7.93. The first-order valence-corrected chi connectivity index (χ1v) is 12.3. The molecule has 0 atom stereocenters. The summed E-state index contributed by atoms with van der Waals surface area (Å²) in [7, 11) is 0.750. The van der Waals surface area contributed by atoms with E-state index < -0.39 is 0 Å². The predicted molar refractivity (Wildman–Crippen MR) is 134 cm³/mol. The molecule has 0 N–H and O–H groups in total. The van der Waals surface area contributed by atoms with E-state index in [1.165, 1.54) is 27.5 Å². The molecule has 0 fully saturated rings. The fraction of sp³-hybridized carbons (Fsp3) is 0.107. The van der Waals surface area contributed by atoms with Crippen molar-refractivity contribution in [3.8, 4) is 0 Å². The van der Waals surface area contributed by atoms with Gasteiger partial charge in [-0.05, 0) is 11.1 Å². The molecule has 0 aliphatic rings. The number of hydrogen-bond acceptors (Lipinski definition) is 0. The summed E-state index contributed by atoms with van der Waals surface area (Å²) in [5.41, 5.74) is 3.79. The van der Waals surface area contributed by atoms with Gasteiger partial charge in [-0.25, -0.2) is 0 Å². The predicted octanol–water partition coefficient (Wildman–Crippen LogP) is 7.80. The second-order valence-electron chi connectivity index (χ2n) is 6.78. The van der Waals surface area contributed by atoms with Crippen molar-refractivity contribution in [3.05, 3.63) is 126 Å². The summed E-state index contributed by atoms with van der Waals surface area (Å²) in [6, 6.07) is 33.4. The number of benzene rings is 3. The van der Waals surface area contributed by atoms with Gasteiger partial charge in [0.05, 0.1) is 0 Å². The molecule has 4 aromatic carbocycles. The van der Waals surface area contributed by atoms with Gasteiger partial charge in [-0.2, -0.15) is 6.07 Å². The first-order valence-electron chi connectivity index (χ1n) is 10.0. The normalized spacial score (nSPS) is 10.1. The SMILES string of the molecule is C(C=Cc1ccccc1)=Cc1ccccc1.C[SiH]C.Cc1cc2ccccc2[cH-]1.[Zr]. The Hall–Kier alpha value is -2.15. The molecule has 0 bridgehead atoms. The third-order valence-electron chi connectivity index (χ3n) is 4.05. The summed E-state index contributed by atoms with van der Waals surface area (Å²) in [5, 5.41) is 2.69. The van der Waals surface area contributed by atoms with Crippen LogP contribution >= 0.6 is 0 Å².